The average Bonchev–Trinajstić information content (AvgIpc) is 2.34. The molecule has 2 fully saturated rings. The molecule has 2 amide bonds. The smallest absolute Gasteiger partial charge is 0.229 e. The van der Waals surface area contributed by atoms with Crippen molar-refractivity contribution in [2.24, 2.45) is 5.41 Å². The summed E-state index contributed by atoms with van der Waals surface area (Å²) in [6.45, 7) is 2.02. The van der Waals surface area contributed by atoms with Crippen molar-refractivity contribution in [3.8, 4) is 0 Å². The Labute approximate surface area is 108 Å². The highest BCUT2D eigenvalue weighted by Gasteiger charge is 2.44. The molecule has 0 bridgehead atoms. The number of nitrogens with zero attached hydrogens (tertiary/aromatic N) is 1. The highest BCUT2D eigenvalue weighted by Crippen LogP contribution is 2.45. The maximum absolute atomic E-state index is 12.1. The summed E-state index contributed by atoms with van der Waals surface area (Å²) in [6.07, 6.45) is 6.49. The zero-order valence-corrected chi connectivity index (χ0v) is 11.2. The summed E-state index contributed by atoms with van der Waals surface area (Å²) in [5, 5.41) is 9.60. The summed E-state index contributed by atoms with van der Waals surface area (Å²) in [5.74, 6) is -0.165. The van der Waals surface area contributed by atoms with Crippen molar-refractivity contribution in [2.75, 3.05) is 6.54 Å². The van der Waals surface area contributed by atoms with Gasteiger partial charge in [0.15, 0.2) is 0 Å². The summed E-state index contributed by atoms with van der Waals surface area (Å²) in [5.41, 5.74) is -0.0555. The van der Waals surface area contributed by atoms with E-state index in [1.54, 1.807) is 0 Å². The molecule has 0 aromatic carbocycles. The SMILES string of the molecule is CCC(O)CN1C(=O)CC2(CCCCC2)CC1=O. The summed E-state index contributed by atoms with van der Waals surface area (Å²) >= 11 is 0. The van der Waals surface area contributed by atoms with Crippen LogP contribution in [-0.2, 0) is 9.59 Å². The molecule has 18 heavy (non-hydrogen) atoms. The number of amides is 2. The maximum Gasteiger partial charge on any atom is 0.229 e. The standard InChI is InChI=1S/C14H23NO3/c1-2-11(16)10-15-12(17)8-14(9-13(15)18)6-4-3-5-7-14/h11,16H,2-10H2,1H3. The molecule has 1 aliphatic carbocycles. The lowest BCUT2D eigenvalue weighted by atomic mass is 9.67. The third-order valence-electron chi connectivity index (χ3n) is 4.43. The Morgan fingerprint density at radius 3 is 2.22 bits per heavy atom. The minimum absolute atomic E-state index is 0.0555. The number of hydrogen-bond acceptors (Lipinski definition) is 3. The van der Waals surface area contributed by atoms with Gasteiger partial charge in [0, 0.05) is 12.8 Å². The lowest BCUT2D eigenvalue weighted by molar-refractivity contribution is -0.156. The molecule has 0 aromatic heterocycles. The third kappa shape index (κ3) is 2.74. The third-order valence-corrected chi connectivity index (χ3v) is 4.43. The molecule has 4 heteroatoms. The molecule has 1 atom stereocenters. The van der Waals surface area contributed by atoms with Crippen LogP contribution in [0.1, 0.15) is 58.3 Å². The largest absolute Gasteiger partial charge is 0.391 e. The molecule has 1 N–H and O–H groups in total. The van der Waals surface area contributed by atoms with Gasteiger partial charge in [-0.2, -0.15) is 0 Å². The number of likely N-dealkylation sites (tertiary alicyclic amines) is 1. The van der Waals surface area contributed by atoms with Gasteiger partial charge in [-0.15, -0.1) is 0 Å². The van der Waals surface area contributed by atoms with Crippen molar-refractivity contribution in [1.82, 2.24) is 4.90 Å². The van der Waals surface area contributed by atoms with Crippen LogP contribution in [0.2, 0.25) is 0 Å². The Morgan fingerprint density at radius 1 is 1.17 bits per heavy atom. The lowest BCUT2D eigenvalue weighted by Gasteiger charge is -2.42. The molecule has 1 heterocycles. The van der Waals surface area contributed by atoms with Crippen LogP contribution in [0.15, 0.2) is 0 Å². The summed E-state index contributed by atoms with van der Waals surface area (Å²) in [6, 6.07) is 0. The van der Waals surface area contributed by atoms with E-state index in [9.17, 15) is 14.7 Å². The van der Waals surface area contributed by atoms with Crippen molar-refractivity contribution in [1.29, 1.82) is 0 Å². The van der Waals surface area contributed by atoms with E-state index in [2.05, 4.69) is 0 Å². The zero-order valence-electron chi connectivity index (χ0n) is 11.2. The second-order valence-corrected chi connectivity index (χ2v) is 5.87. The van der Waals surface area contributed by atoms with Crippen LogP contribution in [0.25, 0.3) is 0 Å². The fourth-order valence-electron chi connectivity index (χ4n) is 3.23. The number of hydrogen-bond donors (Lipinski definition) is 1. The van der Waals surface area contributed by atoms with Gasteiger partial charge in [-0.05, 0) is 24.7 Å². The van der Waals surface area contributed by atoms with E-state index < -0.39 is 6.10 Å². The second kappa shape index (κ2) is 5.39. The van der Waals surface area contributed by atoms with Crippen LogP contribution in [0.3, 0.4) is 0 Å². The Morgan fingerprint density at radius 2 is 1.72 bits per heavy atom. The second-order valence-electron chi connectivity index (χ2n) is 5.87. The van der Waals surface area contributed by atoms with Gasteiger partial charge in [0.05, 0.1) is 12.6 Å². The van der Waals surface area contributed by atoms with E-state index in [1.165, 1.54) is 11.3 Å². The summed E-state index contributed by atoms with van der Waals surface area (Å²) in [7, 11) is 0. The molecule has 2 aliphatic rings. The quantitative estimate of drug-likeness (QED) is 0.781. The van der Waals surface area contributed by atoms with E-state index in [0.29, 0.717) is 19.3 Å². The molecule has 4 nitrogen and oxygen atoms in total. The van der Waals surface area contributed by atoms with Crippen molar-refractivity contribution in [3.63, 3.8) is 0 Å². The first-order valence-electron chi connectivity index (χ1n) is 7.07. The van der Waals surface area contributed by atoms with Crippen LogP contribution in [0.5, 0.6) is 0 Å². The normalized spacial score (nSPS) is 25.6. The van der Waals surface area contributed by atoms with Crippen LogP contribution in [-0.4, -0.2) is 34.5 Å². The van der Waals surface area contributed by atoms with Crippen LogP contribution < -0.4 is 0 Å². The van der Waals surface area contributed by atoms with E-state index >= 15 is 0 Å². The molecule has 1 aliphatic heterocycles. The molecule has 1 unspecified atom stereocenters. The average molecular weight is 253 g/mol. The van der Waals surface area contributed by atoms with Gasteiger partial charge in [0.1, 0.15) is 0 Å². The first-order valence-corrected chi connectivity index (χ1v) is 7.07. The number of imide groups is 1. The molecular formula is C14H23NO3. The van der Waals surface area contributed by atoms with Crippen LogP contribution in [0, 0.1) is 5.41 Å². The number of carbonyl (C=O) groups is 2. The number of piperidine rings is 1. The lowest BCUT2D eigenvalue weighted by Crippen LogP contribution is -2.50. The minimum atomic E-state index is -0.585. The Bertz CT molecular complexity index is 314. The van der Waals surface area contributed by atoms with Gasteiger partial charge in [0.2, 0.25) is 11.8 Å². The number of β-amino-alcohol motifs (C(OH)–C–C–N with tert-alkyl or cyclic N) is 1. The van der Waals surface area contributed by atoms with Gasteiger partial charge >= 0.3 is 0 Å². The Kier molecular flexibility index (Phi) is 4.05. The van der Waals surface area contributed by atoms with E-state index in [4.69, 9.17) is 0 Å². The van der Waals surface area contributed by atoms with E-state index in [-0.39, 0.29) is 23.8 Å². The number of aliphatic hydroxyl groups excluding tert-OH is 1. The van der Waals surface area contributed by atoms with Crippen molar-refractivity contribution in [2.45, 2.75) is 64.4 Å². The molecule has 0 radical (unpaired) electrons. The molecule has 102 valence electrons. The first-order chi connectivity index (χ1) is 8.56. The fraction of sp³-hybridized carbons (Fsp3) is 0.857. The minimum Gasteiger partial charge on any atom is -0.391 e. The number of carbonyl (C=O) groups excluding carboxylic acids is 2. The molecule has 2 rings (SSSR count). The molecule has 1 saturated carbocycles. The first kappa shape index (κ1) is 13.5. The van der Waals surface area contributed by atoms with Crippen molar-refractivity contribution < 1.29 is 14.7 Å². The Hall–Kier alpha value is -0.900. The molecule has 1 saturated heterocycles. The van der Waals surface area contributed by atoms with Crippen LogP contribution >= 0.6 is 0 Å². The molecule has 0 aromatic rings. The highest BCUT2D eigenvalue weighted by atomic mass is 16.3. The van der Waals surface area contributed by atoms with E-state index in [1.807, 2.05) is 6.92 Å². The summed E-state index contributed by atoms with van der Waals surface area (Å²) in [4.78, 5) is 25.5. The Balaban J connectivity index is 2.03. The molecule has 1 spiro atoms. The van der Waals surface area contributed by atoms with Crippen molar-refractivity contribution >= 4 is 11.8 Å². The highest BCUT2D eigenvalue weighted by molar-refractivity contribution is 5.98. The van der Waals surface area contributed by atoms with Gasteiger partial charge < -0.3 is 5.11 Å². The van der Waals surface area contributed by atoms with Crippen LogP contribution in [0.4, 0.5) is 0 Å². The number of aliphatic hydroxyl groups is 1. The maximum atomic E-state index is 12.1. The van der Waals surface area contributed by atoms with Gasteiger partial charge in [-0.1, -0.05) is 26.2 Å². The van der Waals surface area contributed by atoms with Gasteiger partial charge in [-0.3, -0.25) is 14.5 Å². The molecular weight excluding hydrogens is 230 g/mol. The van der Waals surface area contributed by atoms with E-state index in [0.717, 1.165) is 25.7 Å². The van der Waals surface area contributed by atoms with Crippen molar-refractivity contribution in [3.05, 3.63) is 0 Å². The zero-order chi connectivity index (χ0) is 13.2. The predicted molar refractivity (Wildman–Crippen MR) is 67.8 cm³/mol. The summed E-state index contributed by atoms with van der Waals surface area (Å²) < 4.78 is 0. The van der Waals surface area contributed by atoms with Gasteiger partial charge in [0.25, 0.3) is 0 Å². The predicted octanol–water partition coefficient (Wildman–Crippen LogP) is 1.86. The monoisotopic (exact) mass is 253 g/mol. The topological polar surface area (TPSA) is 57.6 Å². The fourth-order valence-corrected chi connectivity index (χ4v) is 3.23. The van der Waals surface area contributed by atoms with Gasteiger partial charge in [-0.25, -0.2) is 0 Å². The number of rotatable bonds is 3.